The van der Waals surface area contributed by atoms with E-state index in [0.717, 1.165) is 18.4 Å². The van der Waals surface area contributed by atoms with E-state index in [-0.39, 0.29) is 5.69 Å². The zero-order valence-electron chi connectivity index (χ0n) is 11.0. The molecule has 110 valence electrons. The first-order chi connectivity index (χ1) is 10.2. The van der Waals surface area contributed by atoms with Gasteiger partial charge in [-0.2, -0.15) is 0 Å². The molecular weight excluding hydrogens is 294 g/mol. The highest BCUT2D eigenvalue weighted by Gasteiger charge is 2.28. The molecule has 1 aromatic carbocycles. The number of rotatable bonds is 6. The summed E-state index contributed by atoms with van der Waals surface area (Å²) in [4.78, 5) is 10.5. The number of nitrogens with zero attached hydrogens (tertiary/aromatic N) is 5. The van der Waals surface area contributed by atoms with Gasteiger partial charge in [-0.3, -0.25) is 16.0 Å². The molecule has 0 amide bonds. The molecule has 9 nitrogen and oxygen atoms in total. The molecule has 1 saturated carbocycles. The van der Waals surface area contributed by atoms with Crippen LogP contribution in [0.2, 0.25) is 0 Å². The Morgan fingerprint density at radius 2 is 2.33 bits per heavy atom. The monoisotopic (exact) mass is 307 g/mol. The smallest absolute Gasteiger partial charge is 0.293 e. The van der Waals surface area contributed by atoms with Crippen molar-refractivity contribution in [3.63, 3.8) is 0 Å². The summed E-state index contributed by atoms with van der Waals surface area (Å²) in [6.07, 6.45) is 2.18. The minimum Gasteiger partial charge on any atom is -0.318 e. The van der Waals surface area contributed by atoms with Crippen LogP contribution in [0.15, 0.2) is 23.4 Å². The number of benzene rings is 1. The topological polar surface area (TPSA) is 125 Å². The van der Waals surface area contributed by atoms with E-state index in [0.29, 0.717) is 22.6 Å². The number of nitrogens with two attached hydrogens (primary N) is 1. The number of nitro benzene ring substituents is 1. The summed E-state index contributed by atoms with van der Waals surface area (Å²) in [5.41, 5.74) is 3.43. The molecule has 0 bridgehead atoms. The molecule has 1 fully saturated rings. The largest absolute Gasteiger partial charge is 0.318 e. The first-order valence-electron chi connectivity index (χ1n) is 6.34. The number of thioether (sulfide) groups is 1. The van der Waals surface area contributed by atoms with Crippen molar-refractivity contribution in [1.82, 2.24) is 20.2 Å². The molecule has 10 heteroatoms. The molecule has 0 radical (unpaired) electrons. The number of nitrogen functional groups attached to an aromatic ring is 1. The van der Waals surface area contributed by atoms with Gasteiger partial charge in [0.15, 0.2) is 0 Å². The van der Waals surface area contributed by atoms with E-state index in [1.54, 1.807) is 16.8 Å². The van der Waals surface area contributed by atoms with Gasteiger partial charge in [0.1, 0.15) is 5.69 Å². The van der Waals surface area contributed by atoms with E-state index in [1.807, 2.05) is 0 Å². The second kappa shape index (κ2) is 5.66. The van der Waals surface area contributed by atoms with Crippen molar-refractivity contribution in [3.8, 4) is 0 Å². The molecule has 3 rings (SSSR count). The van der Waals surface area contributed by atoms with Gasteiger partial charge in [-0.05, 0) is 28.8 Å². The third-order valence-corrected chi connectivity index (χ3v) is 4.16. The Labute approximate surface area is 124 Å². The highest BCUT2D eigenvalue weighted by atomic mass is 32.2. The average molecular weight is 307 g/mol. The van der Waals surface area contributed by atoms with Crippen molar-refractivity contribution < 1.29 is 4.92 Å². The van der Waals surface area contributed by atoms with Gasteiger partial charge in [0.2, 0.25) is 5.16 Å². The number of tetrazole rings is 1. The molecule has 0 spiro atoms. The Hall–Kier alpha value is -2.20. The Morgan fingerprint density at radius 1 is 1.52 bits per heavy atom. The number of aromatic nitrogens is 4. The van der Waals surface area contributed by atoms with Gasteiger partial charge in [0, 0.05) is 11.8 Å². The van der Waals surface area contributed by atoms with Gasteiger partial charge in [0.05, 0.1) is 11.0 Å². The van der Waals surface area contributed by atoms with Crippen molar-refractivity contribution in [2.75, 3.05) is 5.43 Å². The second-order valence-corrected chi connectivity index (χ2v) is 5.58. The van der Waals surface area contributed by atoms with E-state index in [2.05, 4.69) is 21.0 Å². The van der Waals surface area contributed by atoms with Gasteiger partial charge < -0.3 is 5.43 Å². The molecule has 0 aliphatic heterocycles. The van der Waals surface area contributed by atoms with E-state index < -0.39 is 4.92 Å². The lowest BCUT2D eigenvalue weighted by atomic mass is 10.2. The maximum absolute atomic E-state index is 11.0. The highest BCUT2D eigenvalue weighted by Crippen LogP contribution is 2.38. The third kappa shape index (κ3) is 2.81. The van der Waals surface area contributed by atoms with E-state index >= 15 is 0 Å². The first-order valence-corrected chi connectivity index (χ1v) is 7.33. The van der Waals surface area contributed by atoms with Crippen LogP contribution in [-0.4, -0.2) is 25.1 Å². The van der Waals surface area contributed by atoms with Crippen molar-refractivity contribution >= 4 is 23.1 Å². The van der Waals surface area contributed by atoms with Gasteiger partial charge in [-0.1, -0.05) is 23.9 Å². The first kappa shape index (κ1) is 13.8. The summed E-state index contributed by atoms with van der Waals surface area (Å²) in [7, 11) is 0. The summed E-state index contributed by atoms with van der Waals surface area (Å²) in [5.74, 6) is 5.91. The molecule has 1 aromatic heterocycles. The van der Waals surface area contributed by atoms with Crippen LogP contribution >= 0.6 is 11.8 Å². The van der Waals surface area contributed by atoms with Crippen LogP contribution in [0.3, 0.4) is 0 Å². The van der Waals surface area contributed by atoms with Crippen molar-refractivity contribution in [1.29, 1.82) is 0 Å². The standard InChI is InChI=1S/C11H13N7O2S/c12-13-10-7(2-1-3-9(10)18(19)20)6-21-11-14-15-16-17(11)8-4-5-8/h1-3,8,13H,4-6,12H2. The molecule has 3 N–H and O–H groups in total. The normalized spacial score (nSPS) is 14.1. The molecule has 2 aromatic rings. The van der Waals surface area contributed by atoms with Crippen LogP contribution in [0.1, 0.15) is 24.4 Å². The molecule has 1 aliphatic rings. The number of anilines is 1. The minimum atomic E-state index is -0.461. The molecule has 0 atom stereocenters. The molecule has 0 unspecified atom stereocenters. The Kier molecular flexibility index (Phi) is 3.71. The lowest BCUT2D eigenvalue weighted by Crippen LogP contribution is -2.11. The van der Waals surface area contributed by atoms with E-state index in [1.165, 1.54) is 17.8 Å². The maximum Gasteiger partial charge on any atom is 0.293 e. The predicted octanol–water partition coefficient (Wildman–Crippen LogP) is 1.49. The van der Waals surface area contributed by atoms with E-state index in [4.69, 9.17) is 5.84 Å². The number of hydrogen-bond donors (Lipinski definition) is 2. The van der Waals surface area contributed by atoms with Gasteiger partial charge in [-0.25, -0.2) is 4.68 Å². The minimum absolute atomic E-state index is 0.0441. The van der Waals surface area contributed by atoms with Crippen LogP contribution in [0, 0.1) is 10.1 Å². The van der Waals surface area contributed by atoms with Crippen LogP contribution in [0.5, 0.6) is 0 Å². The Balaban J connectivity index is 1.80. The number of nitrogens with one attached hydrogen (secondary N) is 1. The van der Waals surface area contributed by atoms with Gasteiger partial charge in [0.25, 0.3) is 5.69 Å². The number of nitro groups is 1. The lowest BCUT2D eigenvalue weighted by molar-refractivity contribution is -0.384. The van der Waals surface area contributed by atoms with Crippen LogP contribution in [0.25, 0.3) is 0 Å². The Morgan fingerprint density at radius 3 is 3.00 bits per heavy atom. The summed E-state index contributed by atoms with van der Waals surface area (Å²) in [6.45, 7) is 0. The molecule has 1 heterocycles. The van der Waals surface area contributed by atoms with Crippen molar-refractivity contribution in [2.45, 2.75) is 29.8 Å². The van der Waals surface area contributed by atoms with E-state index in [9.17, 15) is 10.1 Å². The zero-order valence-corrected chi connectivity index (χ0v) is 11.8. The van der Waals surface area contributed by atoms with Crippen LogP contribution in [-0.2, 0) is 5.75 Å². The summed E-state index contributed by atoms with van der Waals surface area (Å²) < 4.78 is 1.80. The Bertz CT molecular complexity index is 670. The quantitative estimate of drug-likeness (QED) is 0.356. The number of para-hydroxylation sites is 1. The second-order valence-electron chi connectivity index (χ2n) is 4.64. The summed E-state index contributed by atoms with van der Waals surface area (Å²) >= 11 is 1.43. The van der Waals surface area contributed by atoms with Crippen molar-refractivity contribution in [3.05, 3.63) is 33.9 Å². The molecule has 1 aliphatic carbocycles. The highest BCUT2D eigenvalue weighted by molar-refractivity contribution is 7.98. The zero-order chi connectivity index (χ0) is 14.8. The van der Waals surface area contributed by atoms with Crippen LogP contribution < -0.4 is 11.3 Å². The van der Waals surface area contributed by atoms with Crippen LogP contribution in [0.4, 0.5) is 11.4 Å². The fourth-order valence-electron chi connectivity index (χ4n) is 2.00. The van der Waals surface area contributed by atoms with Gasteiger partial charge in [-0.15, -0.1) is 5.10 Å². The predicted molar refractivity (Wildman–Crippen MR) is 76.6 cm³/mol. The maximum atomic E-state index is 11.0. The SMILES string of the molecule is NNc1c(CSc2nnnn2C2CC2)cccc1[N+](=O)[O-]. The third-order valence-electron chi connectivity index (χ3n) is 3.18. The molecule has 0 saturated heterocycles. The number of hydrazine groups is 1. The summed E-state index contributed by atoms with van der Waals surface area (Å²) in [6, 6.07) is 5.23. The fraction of sp³-hybridized carbons (Fsp3) is 0.364. The summed E-state index contributed by atoms with van der Waals surface area (Å²) in [5, 5.41) is 23.3. The molecule has 21 heavy (non-hydrogen) atoms. The number of hydrogen-bond acceptors (Lipinski definition) is 8. The van der Waals surface area contributed by atoms with Gasteiger partial charge >= 0.3 is 0 Å². The van der Waals surface area contributed by atoms with Crippen molar-refractivity contribution in [2.24, 2.45) is 5.84 Å². The molecular formula is C11H13N7O2S. The average Bonchev–Trinajstić information content (AvgIpc) is 3.23. The fourth-order valence-corrected chi connectivity index (χ4v) is 2.93. The lowest BCUT2D eigenvalue weighted by Gasteiger charge is -2.08.